The zero-order valence-electron chi connectivity index (χ0n) is 9.06. The molecule has 1 aromatic carbocycles. The first kappa shape index (κ1) is 12.8. The van der Waals surface area contributed by atoms with Gasteiger partial charge >= 0.3 is 0 Å². The summed E-state index contributed by atoms with van der Waals surface area (Å²) in [6.45, 7) is 0.978. The molecular weight excluding hydrogens is 224 g/mol. The molecule has 1 aromatic rings. The van der Waals surface area contributed by atoms with Crippen molar-refractivity contribution >= 4 is 18.1 Å². The Balaban J connectivity index is 2.16. The van der Waals surface area contributed by atoms with Gasteiger partial charge in [-0.05, 0) is 37.0 Å². The lowest BCUT2D eigenvalue weighted by Crippen LogP contribution is -1.89. The van der Waals surface area contributed by atoms with Crippen molar-refractivity contribution in [2.24, 2.45) is 0 Å². The van der Waals surface area contributed by atoms with E-state index in [0.717, 1.165) is 24.3 Å². The lowest BCUT2D eigenvalue weighted by Gasteiger charge is -1.97. The van der Waals surface area contributed by atoms with Gasteiger partial charge in [-0.25, -0.2) is 0 Å². The van der Waals surface area contributed by atoms with E-state index in [-0.39, 0.29) is 0 Å². The number of hydrogen-bond acceptors (Lipinski definition) is 2. The van der Waals surface area contributed by atoms with Gasteiger partial charge in [-0.15, -0.1) is 0 Å². The molecule has 16 heavy (non-hydrogen) atoms. The topological polar surface area (TPSA) is 26.3 Å². The quantitative estimate of drug-likeness (QED) is 0.414. The van der Waals surface area contributed by atoms with Crippen LogP contribution in [0.15, 0.2) is 36.4 Å². The van der Waals surface area contributed by atoms with E-state index in [4.69, 9.17) is 11.6 Å². The Labute approximate surface area is 101 Å². The molecule has 86 valence electrons. The molecule has 3 heteroatoms. The molecule has 1 rings (SSSR count). The summed E-state index contributed by atoms with van der Waals surface area (Å²) in [6.07, 6.45) is 6.93. The van der Waals surface area contributed by atoms with E-state index in [9.17, 15) is 4.79 Å². The van der Waals surface area contributed by atoms with Crippen LogP contribution in [0.1, 0.15) is 18.4 Å². The molecule has 0 fully saturated rings. The Morgan fingerprint density at radius 1 is 1.19 bits per heavy atom. The molecule has 0 saturated carbocycles. The van der Waals surface area contributed by atoms with Crippen LogP contribution in [-0.2, 0) is 16.0 Å². The minimum absolute atomic E-state index is 0.484. The normalized spacial score (nSPS) is 10.6. The summed E-state index contributed by atoms with van der Waals surface area (Å²) in [4.78, 5) is 9.86. The number of carbonyl (C=O) groups is 1. The number of hydrogen-bond donors (Lipinski definition) is 0. The highest BCUT2D eigenvalue weighted by atomic mass is 35.5. The third-order valence-corrected chi connectivity index (χ3v) is 2.39. The summed E-state index contributed by atoms with van der Waals surface area (Å²) in [5, 5.41) is 0.763. The van der Waals surface area contributed by atoms with E-state index in [1.807, 2.05) is 24.3 Å². The molecule has 0 amide bonds. The molecular formula is C13H15ClO2. The zero-order chi connectivity index (χ0) is 11.6. The van der Waals surface area contributed by atoms with Crippen molar-refractivity contribution in [2.75, 3.05) is 6.61 Å². The molecule has 0 N–H and O–H groups in total. The van der Waals surface area contributed by atoms with E-state index >= 15 is 0 Å². The molecule has 2 nitrogen and oxygen atoms in total. The van der Waals surface area contributed by atoms with Crippen molar-refractivity contribution in [1.82, 2.24) is 0 Å². The first-order valence-electron chi connectivity index (χ1n) is 5.27. The van der Waals surface area contributed by atoms with Gasteiger partial charge in [0.05, 0.1) is 6.61 Å². The second-order valence-corrected chi connectivity index (χ2v) is 3.85. The van der Waals surface area contributed by atoms with Gasteiger partial charge in [-0.2, -0.15) is 0 Å². The maximum atomic E-state index is 9.86. The maximum Gasteiger partial charge on any atom is 0.293 e. The minimum Gasteiger partial charge on any atom is -0.468 e. The lowest BCUT2D eigenvalue weighted by molar-refractivity contribution is -0.128. The predicted molar refractivity (Wildman–Crippen MR) is 65.5 cm³/mol. The maximum absolute atomic E-state index is 9.86. The molecule has 0 bridgehead atoms. The van der Waals surface area contributed by atoms with E-state index in [1.165, 1.54) is 5.56 Å². The molecule has 0 spiro atoms. The highest BCUT2D eigenvalue weighted by Gasteiger charge is 1.89. The van der Waals surface area contributed by atoms with Gasteiger partial charge in [0, 0.05) is 5.02 Å². The average Bonchev–Trinajstić information content (AvgIpc) is 2.30. The number of benzene rings is 1. The molecule has 0 aliphatic rings. The average molecular weight is 239 g/mol. The molecule has 0 radical (unpaired) electrons. The van der Waals surface area contributed by atoms with Crippen molar-refractivity contribution < 1.29 is 9.53 Å². The number of allylic oxidation sites excluding steroid dienone is 2. The Morgan fingerprint density at radius 2 is 1.94 bits per heavy atom. The molecule has 0 aliphatic heterocycles. The fourth-order valence-corrected chi connectivity index (χ4v) is 1.42. The number of carbonyl (C=O) groups excluding carboxylic acids is 1. The zero-order valence-corrected chi connectivity index (χ0v) is 9.82. The van der Waals surface area contributed by atoms with Crippen LogP contribution >= 0.6 is 11.6 Å². The Hall–Kier alpha value is -1.28. The molecule has 0 unspecified atom stereocenters. The van der Waals surface area contributed by atoms with Gasteiger partial charge in [0.15, 0.2) is 0 Å². The van der Waals surface area contributed by atoms with Crippen LogP contribution in [0.4, 0.5) is 0 Å². The van der Waals surface area contributed by atoms with Crippen LogP contribution in [0, 0.1) is 0 Å². The van der Waals surface area contributed by atoms with Crippen molar-refractivity contribution in [3.8, 4) is 0 Å². The van der Waals surface area contributed by atoms with Gasteiger partial charge in [0.1, 0.15) is 0 Å². The Morgan fingerprint density at radius 3 is 2.62 bits per heavy atom. The van der Waals surface area contributed by atoms with Crippen molar-refractivity contribution in [2.45, 2.75) is 19.3 Å². The van der Waals surface area contributed by atoms with Gasteiger partial charge in [-0.3, -0.25) is 4.79 Å². The summed E-state index contributed by atoms with van der Waals surface area (Å²) in [6, 6.07) is 7.82. The number of rotatable bonds is 7. The van der Waals surface area contributed by atoms with Crippen LogP contribution in [0.25, 0.3) is 0 Å². The number of halogens is 1. The first-order valence-corrected chi connectivity index (χ1v) is 5.65. The van der Waals surface area contributed by atoms with Gasteiger partial charge < -0.3 is 4.74 Å². The van der Waals surface area contributed by atoms with Crippen molar-refractivity contribution in [3.05, 3.63) is 47.0 Å². The monoisotopic (exact) mass is 238 g/mol. The van der Waals surface area contributed by atoms with Gasteiger partial charge in [-0.1, -0.05) is 35.9 Å². The van der Waals surface area contributed by atoms with E-state index in [1.54, 1.807) is 0 Å². The lowest BCUT2D eigenvalue weighted by atomic mass is 10.1. The Bertz CT molecular complexity index is 330. The summed E-state index contributed by atoms with van der Waals surface area (Å²) < 4.78 is 4.58. The van der Waals surface area contributed by atoms with Crippen LogP contribution in [0.3, 0.4) is 0 Å². The second-order valence-electron chi connectivity index (χ2n) is 3.41. The number of ether oxygens (including phenoxy) is 1. The summed E-state index contributed by atoms with van der Waals surface area (Å²) in [5.41, 5.74) is 1.24. The third kappa shape index (κ3) is 5.56. The molecule has 0 saturated heterocycles. The second kappa shape index (κ2) is 7.94. The fourth-order valence-electron chi connectivity index (χ4n) is 1.29. The van der Waals surface area contributed by atoms with Crippen LogP contribution < -0.4 is 0 Å². The third-order valence-electron chi connectivity index (χ3n) is 2.13. The largest absolute Gasteiger partial charge is 0.468 e. The molecule has 0 aromatic heterocycles. The minimum atomic E-state index is 0.484. The van der Waals surface area contributed by atoms with Crippen LogP contribution in [0.5, 0.6) is 0 Å². The summed E-state index contributed by atoms with van der Waals surface area (Å²) >= 11 is 5.78. The fraction of sp³-hybridized carbons (Fsp3) is 0.308. The highest BCUT2D eigenvalue weighted by Crippen LogP contribution is 2.10. The highest BCUT2D eigenvalue weighted by molar-refractivity contribution is 6.30. The smallest absolute Gasteiger partial charge is 0.293 e. The number of unbranched alkanes of at least 4 members (excludes halogenated alkanes) is 1. The van der Waals surface area contributed by atoms with E-state index < -0.39 is 0 Å². The van der Waals surface area contributed by atoms with E-state index in [0.29, 0.717) is 13.1 Å². The SMILES string of the molecule is O=COCCCC=CCc1ccc(Cl)cc1. The predicted octanol–water partition coefficient (Wildman–Crippen LogP) is 3.39. The first-order chi connectivity index (χ1) is 7.83. The summed E-state index contributed by atoms with van der Waals surface area (Å²) in [7, 11) is 0. The van der Waals surface area contributed by atoms with Gasteiger partial charge in [0.2, 0.25) is 0 Å². The van der Waals surface area contributed by atoms with Crippen molar-refractivity contribution in [3.63, 3.8) is 0 Å². The van der Waals surface area contributed by atoms with Gasteiger partial charge in [0.25, 0.3) is 6.47 Å². The van der Waals surface area contributed by atoms with Crippen molar-refractivity contribution in [1.29, 1.82) is 0 Å². The van der Waals surface area contributed by atoms with Crippen LogP contribution in [0.2, 0.25) is 5.02 Å². The van der Waals surface area contributed by atoms with Crippen LogP contribution in [-0.4, -0.2) is 13.1 Å². The molecule has 0 heterocycles. The molecule has 0 aliphatic carbocycles. The standard InChI is InChI=1S/C13H15ClO2/c14-13-8-6-12(7-9-13)5-3-1-2-4-10-16-11-15/h1,3,6-9,11H,2,4-5,10H2. The van der Waals surface area contributed by atoms with E-state index in [2.05, 4.69) is 16.9 Å². The summed E-state index contributed by atoms with van der Waals surface area (Å²) in [5.74, 6) is 0. The Kier molecular flexibility index (Phi) is 6.35. The molecule has 0 atom stereocenters.